The molecule has 0 spiro atoms. The third-order valence-electron chi connectivity index (χ3n) is 11.1. The Morgan fingerprint density at radius 2 is 1.40 bits per heavy atom. The summed E-state index contributed by atoms with van der Waals surface area (Å²) >= 11 is 0. The summed E-state index contributed by atoms with van der Waals surface area (Å²) in [5, 5.41) is 5.35. The molecule has 3 nitrogen and oxygen atoms in total. The molecule has 0 bridgehead atoms. The van der Waals surface area contributed by atoms with Crippen LogP contribution >= 0.6 is 0 Å². The van der Waals surface area contributed by atoms with Crippen molar-refractivity contribution in [1.29, 1.82) is 0 Å². The Hall–Kier alpha value is -5.28. The molecule has 4 aromatic carbocycles. The van der Waals surface area contributed by atoms with Crippen molar-refractivity contribution >= 4 is 43.8 Å². The number of para-hydroxylation sites is 1. The van der Waals surface area contributed by atoms with E-state index in [4.69, 9.17) is 6.58 Å². The molecule has 0 N–H and O–H groups in total. The standard InChI is InChI=1S/C44H37N3/c1-27-42-33(30-13-5-6-14-31(30)38-16-10-12-22-46(38)42)20-19-28-23-41-35(26-34(28)39-17-9-11-21-45(27)39)37-25-29(44(2,3)4)24-36-32-15-7-8-18-40(32)47(41)43(36)37/h5-18,21-26,33,42H,1,19-20H2,2-4H3/q+2. The van der Waals surface area contributed by atoms with Crippen LogP contribution in [-0.2, 0) is 11.8 Å². The van der Waals surface area contributed by atoms with Gasteiger partial charge in [-0.15, -0.1) is 0 Å². The Kier molecular flexibility index (Phi) is 5.37. The van der Waals surface area contributed by atoms with E-state index in [0.29, 0.717) is 5.92 Å². The number of hydrogen-bond acceptors (Lipinski definition) is 0. The van der Waals surface area contributed by atoms with Crippen LogP contribution in [0.2, 0.25) is 0 Å². The molecular weight excluding hydrogens is 571 g/mol. The van der Waals surface area contributed by atoms with Gasteiger partial charge in [0.1, 0.15) is 0 Å². The van der Waals surface area contributed by atoms with E-state index in [-0.39, 0.29) is 11.5 Å². The molecule has 0 saturated carbocycles. The molecule has 6 heterocycles. The fourth-order valence-corrected chi connectivity index (χ4v) is 8.88. The van der Waals surface area contributed by atoms with Crippen LogP contribution in [0.5, 0.6) is 0 Å². The highest BCUT2D eigenvalue weighted by atomic mass is 15.1. The third kappa shape index (κ3) is 3.63. The van der Waals surface area contributed by atoms with Crippen molar-refractivity contribution in [2.24, 2.45) is 0 Å². The second-order valence-electron chi connectivity index (χ2n) is 14.7. The molecule has 2 atom stereocenters. The summed E-state index contributed by atoms with van der Waals surface area (Å²) in [7, 11) is 0. The topological polar surface area (TPSA) is 12.2 Å². The number of hydrogen-bond donors (Lipinski definition) is 0. The smallest absolute Gasteiger partial charge is 0.249 e. The first-order valence-corrected chi connectivity index (χ1v) is 16.9. The minimum absolute atomic E-state index is 0.0406. The van der Waals surface area contributed by atoms with E-state index in [9.17, 15) is 0 Å². The van der Waals surface area contributed by atoms with Gasteiger partial charge in [-0.2, -0.15) is 9.13 Å². The second kappa shape index (κ2) is 9.39. The minimum atomic E-state index is 0.0406. The molecule has 3 heteroatoms. The van der Waals surface area contributed by atoms with Gasteiger partial charge in [-0.25, -0.2) is 0 Å². The fraction of sp³-hybridized carbons (Fsp3) is 0.182. The van der Waals surface area contributed by atoms with Crippen LogP contribution in [0.3, 0.4) is 0 Å². The van der Waals surface area contributed by atoms with E-state index in [0.717, 1.165) is 18.5 Å². The maximum absolute atomic E-state index is 4.87. The summed E-state index contributed by atoms with van der Waals surface area (Å²) < 4.78 is 7.39. The summed E-state index contributed by atoms with van der Waals surface area (Å²) in [6.45, 7) is 11.8. The van der Waals surface area contributed by atoms with Crippen LogP contribution in [0.1, 0.15) is 55.8 Å². The van der Waals surface area contributed by atoms with E-state index in [1.165, 1.54) is 77.3 Å². The van der Waals surface area contributed by atoms with Crippen LogP contribution in [-0.4, -0.2) is 4.40 Å². The van der Waals surface area contributed by atoms with Crippen molar-refractivity contribution in [3.8, 4) is 22.5 Å². The average Bonchev–Trinajstić information content (AvgIpc) is 3.61. The molecule has 2 unspecified atom stereocenters. The van der Waals surface area contributed by atoms with Gasteiger partial charge in [0.2, 0.25) is 23.1 Å². The molecule has 8 aromatic rings. The Labute approximate surface area is 275 Å². The number of rotatable bonds is 0. The first-order valence-electron chi connectivity index (χ1n) is 16.9. The van der Waals surface area contributed by atoms with Gasteiger partial charge in [0.15, 0.2) is 12.4 Å². The number of pyridine rings is 2. The van der Waals surface area contributed by atoms with Crippen LogP contribution in [0.25, 0.3) is 66.3 Å². The highest BCUT2D eigenvalue weighted by Crippen LogP contribution is 2.47. The first-order chi connectivity index (χ1) is 22.9. The van der Waals surface area contributed by atoms with E-state index in [1.54, 1.807) is 0 Å². The van der Waals surface area contributed by atoms with Crippen molar-refractivity contribution in [2.75, 3.05) is 0 Å². The van der Waals surface area contributed by atoms with E-state index in [2.05, 4.69) is 156 Å². The number of nitrogens with zero attached hydrogens (tertiary/aromatic N) is 3. The van der Waals surface area contributed by atoms with Crippen LogP contribution in [0.4, 0.5) is 0 Å². The molecule has 0 aliphatic carbocycles. The second-order valence-corrected chi connectivity index (χ2v) is 14.7. The van der Waals surface area contributed by atoms with Crippen molar-refractivity contribution < 1.29 is 9.13 Å². The lowest BCUT2D eigenvalue weighted by molar-refractivity contribution is -0.727. The summed E-state index contributed by atoms with van der Waals surface area (Å²) in [6.07, 6.45) is 6.49. The monoisotopic (exact) mass is 607 g/mol. The van der Waals surface area contributed by atoms with Gasteiger partial charge < -0.3 is 4.40 Å². The molecule has 2 aliphatic heterocycles. The lowest BCUT2D eigenvalue weighted by Gasteiger charge is -2.29. The third-order valence-corrected chi connectivity index (χ3v) is 11.1. The molecule has 47 heavy (non-hydrogen) atoms. The lowest BCUT2D eigenvalue weighted by atomic mass is 9.78. The molecule has 10 rings (SSSR count). The number of aromatic nitrogens is 3. The molecule has 0 saturated heterocycles. The Morgan fingerprint density at radius 3 is 2.26 bits per heavy atom. The molecular formula is C44H37N3+2. The van der Waals surface area contributed by atoms with E-state index < -0.39 is 0 Å². The zero-order chi connectivity index (χ0) is 31.6. The first kappa shape index (κ1) is 26.9. The van der Waals surface area contributed by atoms with Crippen LogP contribution in [0, 0.1) is 0 Å². The predicted molar refractivity (Wildman–Crippen MR) is 193 cm³/mol. The molecule has 226 valence electrons. The van der Waals surface area contributed by atoms with Gasteiger partial charge in [0.05, 0.1) is 28.0 Å². The maximum Gasteiger partial charge on any atom is 0.249 e. The number of fused-ring (bicyclic) bond motifs is 15. The fourth-order valence-electron chi connectivity index (χ4n) is 8.88. The summed E-state index contributed by atoms with van der Waals surface area (Å²) in [5.74, 6) is 0.295. The number of aryl methyl sites for hydroxylation is 1. The molecule has 0 amide bonds. The molecule has 2 aliphatic rings. The highest BCUT2D eigenvalue weighted by molar-refractivity contribution is 6.24. The Balaban J connectivity index is 1.29. The van der Waals surface area contributed by atoms with Crippen molar-refractivity contribution in [1.82, 2.24) is 4.40 Å². The van der Waals surface area contributed by atoms with E-state index in [1.807, 2.05) is 0 Å². The zero-order valence-electron chi connectivity index (χ0n) is 27.2. The molecule has 0 fully saturated rings. The normalized spacial score (nSPS) is 17.6. The summed E-state index contributed by atoms with van der Waals surface area (Å²) in [6, 6.07) is 41.2. The van der Waals surface area contributed by atoms with Gasteiger partial charge in [-0.3, -0.25) is 0 Å². The van der Waals surface area contributed by atoms with E-state index >= 15 is 0 Å². The summed E-state index contributed by atoms with van der Waals surface area (Å²) in [5.41, 5.74) is 14.4. The quantitative estimate of drug-likeness (QED) is 0.152. The van der Waals surface area contributed by atoms with Gasteiger partial charge >= 0.3 is 0 Å². The predicted octanol–water partition coefficient (Wildman–Crippen LogP) is 9.80. The van der Waals surface area contributed by atoms with Crippen molar-refractivity contribution in [2.45, 2.75) is 51.0 Å². The number of allylic oxidation sites excluding steroid dienone is 1. The minimum Gasteiger partial charge on any atom is -0.308 e. The van der Waals surface area contributed by atoms with Gasteiger partial charge in [-0.1, -0.05) is 57.2 Å². The maximum atomic E-state index is 4.87. The van der Waals surface area contributed by atoms with Crippen LogP contribution in [0.15, 0.2) is 128 Å². The van der Waals surface area contributed by atoms with Crippen molar-refractivity contribution in [3.05, 3.63) is 145 Å². The largest absolute Gasteiger partial charge is 0.308 e. The van der Waals surface area contributed by atoms with Gasteiger partial charge in [-0.05, 0) is 90.1 Å². The van der Waals surface area contributed by atoms with Gasteiger partial charge in [0.25, 0.3) is 0 Å². The number of benzene rings is 4. The molecule has 0 radical (unpaired) electrons. The summed E-state index contributed by atoms with van der Waals surface area (Å²) in [4.78, 5) is 0. The highest BCUT2D eigenvalue weighted by Gasteiger charge is 2.46. The zero-order valence-corrected chi connectivity index (χ0v) is 27.2. The Morgan fingerprint density at radius 1 is 0.681 bits per heavy atom. The Bertz CT molecular complexity index is 2600. The van der Waals surface area contributed by atoms with Crippen molar-refractivity contribution in [3.63, 3.8) is 0 Å². The SMILES string of the molecule is C=C1C2C(CCc3cc4c(cc3-c3cccc[n+]31)c1cc(C(C)(C)C)cc3c5ccccc5n4c31)c1ccccc1-c1cccc[n+]12. The van der Waals surface area contributed by atoms with Gasteiger partial charge in [0, 0.05) is 51.4 Å². The molecule has 4 aromatic heterocycles. The average molecular weight is 608 g/mol. The van der Waals surface area contributed by atoms with Crippen LogP contribution < -0.4 is 9.13 Å². The lowest BCUT2D eigenvalue weighted by Crippen LogP contribution is -2.53.